The highest BCUT2D eigenvalue weighted by Crippen LogP contribution is 2.29. The molecule has 9 nitrogen and oxygen atoms in total. The Morgan fingerprint density at radius 1 is 1.17 bits per heavy atom. The van der Waals surface area contributed by atoms with Gasteiger partial charge in [-0.15, -0.1) is 0 Å². The number of hydrazone groups is 1. The monoisotopic (exact) mass is 426 g/mol. The number of sulfonamides is 1. The Morgan fingerprint density at radius 3 is 2.55 bits per heavy atom. The van der Waals surface area contributed by atoms with Crippen LogP contribution in [0.3, 0.4) is 0 Å². The molecule has 154 valence electrons. The van der Waals surface area contributed by atoms with E-state index in [9.17, 15) is 27.3 Å². The number of ether oxygens (including phenoxy) is 1. The van der Waals surface area contributed by atoms with E-state index in [0.29, 0.717) is 6.07 Å². The largest absolute Gasteiger partial charge is 0.379 e. The molecule has 1 aliphatic rings. The van der Waals surface area contributed by atoms with Gasteiger partial charge in [0.25, 0.3) is 5.69 Å². The minimum absolute atomic E-state index is 0.0342. The zero-order valence-corrected chi connectivity index (χ0v) is 15.7. The van der Waals surface area contributed by atoms with Crippen molar-refractivity contribution >= 4 is 27.6 Å². The van der Waals surface area contributed by atoms with Crippen LogP contribution < -0.4 is 5.43 Å². The van der Waals surface area contributed by atoms with Crippen molar-refractivity contribution in [3.8, 4) is 0 Å². The molecule has 1 saturated heterocycles. The van der Waals surface area contributed by atoms with Gasteiger partial charge in [-0.3, -0.25) is 15.5 Å². The van der Waals surface area contributed by atoms with E-state index >= 15 is 0 Å². The van der Waals surface area contributed by atoms with Gasteiger partial charge in [-0.1, -0.05) is 0 Å². The fraction of sp³-hybridized carbons (Fsp3) is 0.235. The van der Waals surface area contributed by atoms with Gasteiger partial charge >= 0.3 is 0 Å². The lowest BCUT2D eigenvalue weighted by Crippen LogP contribution is -2.40. The average molecular weight is 426 g/mol. The average Bonchev–Trinajstić information content (AvgIpc) is 2.70. The molecule has 2 aromatic rings. The summed E-state index contributed by atoms with van der Waals surface area (Å²) in [4.78, 5) is 10.4. The number of nitrogens with zero attached hydrogens (tertiary/aromatic N) is 3. The number of benzene rings is 2. The van der Waals surface area contributed by atoms with Gasteiger partial charge in [0, 0.05) is 30.8 Å². The molecule has 1 fully saturated rings. The van der Waals surface area contributed by atoms with Crippen LogP contribution in [0.4, 0.5) is 20.2 Å². The first-order valence-corrected chi connectivity index (χ1v) is 9.83. The lowest BCUT2D eigenvalue weighted by atomic mass is 10.2. The van der Waals surface area contributed by atoms with Crippen molar-refractivity contribution in [3.63, 3.8) is 0 Å². The van der Waals surface area contributed by atoms with Crippen LogP contribution in [0, 0.1) is 21.7 Å². The van der Waals surface area contributed by atoms with Gasteiger partial charge < -0.3 is 4.74 Å². The number of anilines is 1. The van der Waals surface area contributed by atoms with Crippen LogP contribution in [0.5, 0.6) is 0 Å². The van der Waals surface area contributed by atoms with Crippen molar-refractivity contribution < 1.29 is 26.9 Å². The molecule has 1 N–H and O–H groups in total. The highest BCUT2D eigenvalue weighted by atomic mass is 32.2. The van der Waals surface area contributed by atoms with Crippen LogP contribution in [0.15, 0.2) is 46.4 Å². The molecule has 0 saturated carbocycles. The maximum Gasteiger partial charge on any atom is 0.295 e. The quantitative estimate of drug-likeness (QED) is 0.431. The Hall–Kier alpha value is -2.96. The third kappa shape index (κ3) is 4.72. The lowest BCUT2D eigenvalue weighted by molar-refractivity contribution is -0.384. The Balaban J connectivity index is 1.84. The van der Waals surface area contributed by atoms with Gasteiger partial charge in [-0.05, 0) is 24.3 Å². The summed E-state index contributed by atoms with van der Waals surface area (Å²) in [6.07, 6.45) is 1.02. The van der Waals surface area contributed by atoms with Crippen molar-refractivity contribution in [1.29, 1.82) is 0 Å². The second kappa shape index (κ2) is 8.59. The van der Waals surface area contributed by atoms with Gasteiger partial charge in [0.15, 0.2) is 0 Å². The molecular weight excluding hydrogens is 410 g/mol. The Labute approximate surface area is 164 Å². The lowest BCUT2D eigenvalue weighted by Gasteiger charge is -2.26. The number of morpholine rings is 1. The van der Waals surface area contributed by atoms with Crippen molar-refractivity contribution in [2.45, 2.75) is 4.90 Å². The van der Waals surface area contributed by atoms with Crippen LogP contribution in [0.1, 0.15) is 5.56 Å². The van der Waals surface area contributed by atoms with Gasteiger partial charge in [0.2, 0.25) is 10.0 Å². The van der Waals surface area contributed by atoms with Crippen molar-refractivity contribution in [1.82, 2.24) is 4.31 Å². The minimum atomic E-state index is -3.91. The molecule has 1 heterocycles. The zero-order valence-electron chi connectivity index (χ0n) is 14.9. The molecular formula is C17H16F2N4O5S. The molecule has 3 rings (SSSR count). The summed E-state index contributed by atoms with van der Waals surface area (Å²) in [7, 11) is -3.91. The number of hydrogen-bond donors (Lipinski definition) is 1. The Kier molecular flexibility index (Phi) is 6.15. The summed E-state index contributed by atoms with van der Waals surface area (Å²) >= 11 is 0. The van der Waals surface area contributed by atoms with Gasteiger partial charge in [0.1, 0.15) is 17.3 Å². The predicted molar refractivity (Wildman–Crippen MR) is 100 cm³/mol. The van der Waals surface area contributed by atoms with E-state index in [2.05, 4.69) is 10.5 Å². The molecule has 0 aliphatic carbocycles. The molecule has 12 heteroatoms. The molecule has 0 spiro atoms. The third-order valence-corrected chi connectivity index (χ3v) is 6.02. The number of hydrogen-bond acceptors (Lipinski definition) is 7. The van der Waals surface area contributed by atoms with Crippen LogP contribution >= 0.6 is 0 Å². The molecule has 2 aromatic carbocycles. The van der Waals surface area contributed by atoms with E-state index in [1.165, 1.54) is 16.4 Å². The van der Waals surface area contributed by atoms with Crippen LogP contribution in [0.2, 0.25) is 0 Å². The van der Waals surface area contributed by atoms with Crippen molar-refractivity contribution in [2.75, 3.05) is 31.7 Å². The first-order valence-electron chi connectivity index (χ1n) is 8.39. The fourth-order valence-electron chi connectivity index (χ4n) is 2.63. The van der Waals surface area contributed by atoms with Gasteiger partial charge in [-0.2, -0.15) is 9.41 Å². The van der Waals surface area contributed by atoms with Crippen LogP contribution in [-0.4, -0.2) is 50.2 Å². The van der Waals surface area contributed by atoms with Crippen LogP contribution in [-0.2, 0) is 14.8 Å². The van der Waals surface area contributed by atoms with Crippen molar-refractivity contribution in [2.24, 2.45) is 5.10 Å². The third-order valence-electron chi connectivity index (χ3n) is 4.12. The maximum atomic E-state index is 13.6. The van der Waals surface area contributed by atoms with Crippen molar-refractivity contribution in [3.05, 3.63) is 63.7 Å². The predicted octanol–water partition coefficient (Wildman–Crippen LogP) is 2.34. The van der Waals surface area contributed by atoms with Gasteiger partial charge in [-0.25, -0.2) is 17.2 Å². The molecule has 0 amide bonds. The molecule has 0 atom stereocenters. The summed E-state index contributed by atoms with van der Waals surface area (Å²) in [5.41, 5.74) is 1.74. The normalized spacial score (nSPS) is 15.5. The van der Waals surface area contributed by atoms with E-state index in [1.807, 2.05) is 0 Å². The highest BCUT2D eigenvalue weighted by Gasteiger charge is 2.28. The van der Waals surface area contributed by atoms with E-state index in [1.54, 1.807) is 0 Å². The zero-order chi connectivity index (χ0) is 21.0. The number of rotatable bonds is 6. The molecule has 0 radical (unpaired) electrons. The molecule has 29 heavy (non-hydrogen) atoms. The standard InChI is InChI=1S/C17H16F2N4O5S/c18-13-2-1-12(15(19)9-13)11-20-21-16-4-3-14(10-17(16)23(24)25)29(26,27)22-5-7-28-8-6-22/h1-4,9-11,21H,5-8H2/b20-11+. The summed E-state index contributed by atoms with van der Waals surface area (Å²) < 4.78 is 58.1. The number of nitro groups is 1. The highest BCUT2D eigenvalue weighted by molar-refractivity contribution is 7.89. The first-order chi connectivity index (χ1) is 13.8. The topological polar surface area (TPSA) is 114 Å². The molecule has 0 aromatic heterocycles. The van der Waals surface area contributed by atoms with Crippen LogP contribution in [0.25, 0.3) is 0 Å². The molecule has 1 aliphatic heterocycles. The second-order valence-electron chi connectivity index (χ2n) is 5.99. The Morgan fingerprint density at radius 2 is 1.90 bits per heavy atom. The maximum absolute atomic E-state index is 13.6. The number of halogens is 2. The summed E-state index contributed by atoms with van der Waals surface area (Å²) in [5.74, 6) is -1.60. The summed E-state index contributed by atoms with van der Waals surface area (Å²) in [6.45, 7) is 0.804. The Bertz CT molecular complexity index is 1060. The van der Waals surface area contributed by atoms with E-state index in [-0.39, 0.29) is 42.4 Å². The SMILES string of the molecule is O=[N+]([O-])c1cc(S(=O)(=O)N2CCOCC2)ccc1N/N=C/c1ccc(F)cc1F. The second-order valence-corrected chi connectivity index (χ2v) is 7.93. The van der Waals surface area contributed by atoms with Gasteiger partial charge in [0.05, 0.1) is 29.2 Å². The van der Waals surface area contributed by atoms with E-state index in [4.69, 9.17) is 4.74 Å². The smallest absolute Gasteiger partial charge is 0.295 e. The van der Waals surface area contributed by atoms with E-state index in [0.717, 1.165) is 24.4 Å². The summed E-state index contributed by atoms with van der Waals surface area (Å²) in [5, 5.41) is 15.1. The number of nitro benzene ring substituents is 1. The number of nitrogens with one attached hydrogen (secondary N) is 1. The summed E-state index contributed by atoms with van der Waals surface area (Å²) in [6, 6.07) is 6.22. The fourth-order valence-corrected chi connectivity index (χ4v) is 4.06. The van der Waals surface area contributed by atoms with E-state index < -0.39 is 32.3 Å². The molecule has 0 unspecified atom stereocenters. The minimum Gasteiger partial charge on any atom is -0.379 e. The first kappa shape index (κ1) is 20.8. The molecule has 0 bridgehead atoms.